The Kier molecular flexibility index (Phi) is 3.55. The Morgan fingerprint density at radius 2 is 1.75 bits per heavy atom. The molecule has 1 aromatic carbocycles. The third-order valence-electron chi connectivity index (χ3n) is 4.07. The van der Waals surface area contributed by atoms with Crippen LogP contribution < -0.4 is 5.19 Å². The number of ketones is 1. The first-order valence-electron chi connectivity index (χ1n) is 6.71. The molecule has 0 N–H and O–H groups in total. The van der Waals surface area contributed by atoms with Crippen LogP contribution in [0.5, 0.6) is 0 Å². The van der Waals surface area contributed by atoms with Crippen LogP contribution in [0.2, 0.25) is 13.1 Å². The van der Waals surface area contributed by atoms with E-state index in [1.807, 2.05) is 6.07 Å². The van der Waals surface area contributed by atoms with Crippen molar-refractivity contribution in [1.82, 2.24) is 0 Å². The van der Waals surface area contributed by atoms with Crippen molar-refractivity contribution >= 4 is 42.6 Å². The van der Waals surface area contributed by atoms with Crippen LogP contribution in [0.25, 0.3) is 0 Å². The maximum absolute atomic E-state index is 12.8. The van der Waals surface area contributed by atoms with Crippen LogP contribution in [0.15, 0.2) is 41.3 Å². The molecule has 1 aliphatic carbocycles. The summed E-state index contributed by atoms with van der Waals surface area (Å²) >= 11 is 3.48. The van der Waals surface area contributed by atoms with E-state index in [9.17, 15) is 4.79 Å². The Labute approximate surface area is 129 Å². The Morgan fingerprint density at radius 1 is 1.15 bits per heavy atom. The normalized spacial score (nSPS) is 21.2. The SMILES string of the molecule is COC1=C([Si](C)(C)c2ccccc2)C(=O)C12SCCS2. The molecule has 0 saturated carbocycles. The molecular formula is C15H18O2S2Si. The van der Waals surface area contributed by atoms with E-state index in [1.54, 1.807) is 30.6 Å². The van der Waals surface area contributed by atoms with Crippen LogP contribution in [-0.4, -0.2) is 36.6 Å². The summed E-state index contributed by atoms with van der Waals surface area (Å²) in [4.78, 5) is 12.8. The molecular weight excluding hydrogens is 304 g/mol. The van der Waals surface area contributed by atoms with Crippen molar-refractivity contribution in [2.45, 2.75) is 17.2 Å². The first kappa shape index (κ1) is 14.3. The number of benzene rings is 1. The van der Waals surface area contributed by atoms with Gasteiger partial charge >= 0.3 is 0 Å². The largest absolute Gasteiger partial charge is 0.498 e. The molecule has 2 nitrogen and oxygen atoms in total. The number of allylic oxidation sites excluding steroid dienone is 1. The topological polar surface area (TPSA) is 26.3 Å². The van der Waals surface area contributed by atoms with Crippen LogP contribution in [0, 0.1) is 0 Å². The van der Waals surface area contributed by atoms with Gasteiger partial charge < -0.3 is 4.74 Å². The molecule has 20 heavy (non-hydrogen) atoms. The van der Waals surface area contributed by atoms with Crippen LogP contribution >= 0.6 is 23.5 Å². The first-order chi connectivity index (χ1) is 9.54. The van der Waals surface area contributed by atoms with E-state index in [0.717, 1.165) is 22.5 Å². The number of hydrogen-bond donors (Lipinski definition) is 0. The first-order valence-corrected chi connectivity index (χ1v) is 11.7. The molecule has 1 fully saturated rings. The number of methoxy groups -OCH3 is 1. The summed E-state index contributed by atoms with van der Waals surface area (Å²) in [6.07, 6.45) is 0. The van der Waals surface area contributed by atoms with E-state index in [4.69, 9.17) is 4.74 Å². The predicted octanol–water partition coefficient (Wildman–Crippen LogP) is 2.80. The second-order valence-corrected chi connectivity index (χ2v) is 12.7. The van der Waals surface area contributed by atoms with E-state index in [2.05, 4.69) is 37.4 Å². The van der Waals surface area contributed by atoms with E-state index >= 15 is 0 Å². The molecule has 1 heterocycles. The minimum atomic E-state index is -1.96. The van der Waals surface area contributed by atoms with Gasteiger partial charge in [-0.3, -0.25) is 4.79 Å². The van der Waals surface area contributed by atoms with E-state index in [1.165, 1.54) is 5.19 Å². The van der Waals surface area contributed by atoms with Gasteiger partial charge in [0.15, 0.2) is 9.86 Å². The maximum atomic E-state index is 12.8. The molecule has 3 rings (SSSR count). The van der Waals surface area contributed by atoms with E-state index in [-0.39, 0.29) is 0 Å². The summed E-state index contributed by atoms with van der Waals surface area (Å²) < 4.78 is 5.25. The quantitative estimate of drug-likeness (QED) is 0.800. The number of hydrogen-bond acceptors (Lipinski definition) is 4. The average Bonchev–Trinajstić information content (AvgIpc) is 2.96. The Morgan fingerprint density at radius 3 is 2.30 bits per heavy atom. The molecule has 2 aliphatic rings. The fourth-order valence-electron chi connectivity index (χ4n) is 2.95. The summed E-state index contributed by atoms with van der Waals surface area (Å²) in [7, 11) is -0.252. The van der Waals surface area contributed by atoms with E-state index < -0.39 is 12.2 Å². The lowest BCUT2D eigenvalue weighted by atomic mass is 10.0. The van der Waals surface area contributed by atoms with Crippen molar-refractivity contribution in [2.24, 2.45) is 0 Å². The third-order valence-corrected chi connectivity index (χ3v) is 10.9. The third kappa shape index (κ3) is 1.83. The smallest absolute Gasteiger partial charge is 0.192 e. The van der Waals surface area contributed by atoms with Crippen molar-refractivity contribution < 1.29 is 9.53 Å². The van der Waals surface area contributed by atoms with Gasteiger partial charge in [0, 0.05) is 16.7 Å². The van der Waals surface area contributed by atoms with Crippen LogP contribution in [-0.2, 0) is 9.53 Å². The summed E-state index contributed by atoms with van der Waals surface area (Å²) in [5.41, 5.74) is 0. The van der Waals surface area contributed by atoms with Gasteiger partial charge in [0.05, 0.1) is 7.11 Å². The molecule has 1 aliphatic heterocycles. The van der Waals surface area contributed by atoms with E-state index in [0.29, 0.717) is 5.78 Å². The molecule has 0 aromatic heterocycles. The zero-order valence-corrected chi connectivity index (χ0v) is 14.6. The van der Waals surface area contributed by atoms with Crippen molar-refractivity contribution in [3.8, 4) is 0 Å². The van der Waals surface area contributed by atoms with Gasteiger partial charge in [-0.2, -0.15) is 0 Å². The summed E-state index contributed by atoms with van der Waals surface area (Å²) in [6, 6.07) is 10.4. The minimum Gasteiger partial charge on any atom is -0.498 e. The monoisotopic (exact) mass is 322 g/mol. The van der Waals surface area contributed by atoms with Gasteiger partial charge in [0.2, 0.25) is 0 Å². The number of carbonyl (C=O) groups is 1. The van der Waals surface area contributed by atoms with Gasteiger partial charge in [-0.25, -0.2) is 0 Å². The molecule has 106 valence electrons. The molecule has 1 saturated heterocycles. The van der Waals surface area contributed by atoms with Crippen LogP contribution in [0.3, 0.4) is 0 Å². The van der Waals surface area contributed by atoms with Crippen LogP contribution in [0.4, 0.5) is 0 Å². The maximum Gasteiger partial charge on any atom is 0.192 e. The Hall–Kier alpha value is -0.653. The molecule has 0 bridgehead atoms. The molecule has 1 aromatic rings. The standard InChI is InChI=1S/C15H18O2S2Si/c1-17-14-12(13(16)15(14)18-9-10-19-15)20(2,3)11-7-5-4-6-8-11/h4-8H,9-10H2,1-3H3. The summed E-state index contributed by atoms with van der Waals surface area (Å²) in [6.45, 7) is 4.48. The fraction of sp³-hybridized carbons (Fsp3) is 0.400. The zero-order valence-electron chi connectivity index (χ0n) is 11.9. The number of thioether (sulfide) groups is 2. The van der Waals surface area contributed by atoms with Gasteiger partial charge in [0.1, 0.15) is 13.8 Å². The molecule has 0 atom stereocenters. The summed E-state index contributed by atoms with van der Waals surface area (Å²) in [5.74, 6) is 3.31. The van der Waals surface area contributed by atoms with Gasteiger partial charge in [-0.15, -0.1) is 23.5 Å². The molecule has 0 unspecified atom stereocenters. The highest BCUT2D eigenvalue weighted by Crippen LogP contribution is 2.59. The van der Waals surface area contributed by atoms with Crippen molar-refractivity contribution in [3.63, 3.8) is 0 Å². The van der Waals surface area contributed by atoms with Crippen molar-refractivity contribution in [3.05, 3.63) is 41.3 Å². The molecule has 1 spiro atoms. The zero-order chi connectivity index (χ0) is 14.4. The lowest BCUT2D eigenvalue weighted by Gasteiger charge is -2.43. The highest BCUT2D eigenvalue weighted by Gasteiger charge is 2.62. The fourth-order valence-corrected chi connectivity index (χ4v) is 9.41. The lowest BCUT2D eigenvalue weighted by molar-refractivity contribution is -0.117. The second kappa shape index (κ2) is 4.96. The van der Waals surface area contributed by atoms with Gasteiger partial charge in [0.25, 0.3) is 0 Å². The second-order valence-electron chi connectivity index (χ2n) is 5.54. The number of carbonyl (C=O) groups excluding carboxylic acids is 1. The van der Waals surface area contributed by atoms with Gasteiger partial charge in [-0.05, 0) is 0 Å². The minimum absolute atomic E-state index is 0.308. The molecule has 5 heteroatoms. The van der Waals surface area contributed by atoms with Crippen molar-refractivity contribution in [1.29, 1.82) is 0 Å². The summed E-state index contributed by atoms with van der Waals surface area (Å²) in [5, 5.41) is 2.27. The number of rotatable bonds is 3. The molecule has 0 radical (unpaired) electrons. The highest BCUT2D eigenvalue weighted by atomic mass is 32.2. The average molecular weight is 323 g/mol. The van der Waals surface area contributed by atoms with Crippen molar-refractivity contribution in [2.75, 3.05) is 18.6 Å². The predicted molar refractivity (Wildman–Crippen MR) is 90.2 cm³/mol. The van der Waals surface area contributed by atoms with Crippen LogP contribution in [0.1, 0.15) is 0 Å². The number of Topliss-reactive ketones (excluding diaryl/α,β-unsaturated/α-hetero) is 1. The van der Waals surface area contributed by atoms with Gasteiger partial charge in [-0.1, -0.05) is 48.6 Å². The highest BCUT2D eigenvalue weighted by molar-refractivity contribution is 8.23. The Balaban J connectivity index is 2.07. The number of ether oxygens (including phenoxy) is 1. The molecule has 0 amide bonds. The lowest BCUT2D eigenvalue weighted by Crippen LogP contribution is -2.58. The Bertz CT molecular complexity index is 575.